The minimum atomic E-state index is -3.28. The summed E-state index contributed by atoms with van der Waals surface area (Å²) < 4.78 is 39.4. The van der Waals surface area contributed by atoms with Crippen molar-refractivity contribution in [1.29, 1.82) is 0 Å². The van der Waals surface area contributed by atoms with Crippen LogP contribution in [0.5, 0.6) is 11.5 Å². The second-order valence-electron chi connectivity index (χ2n) is 7.38. The van der Waals surface area contributed by atoms with Gasteiger partial charge in [-0.2, -0.15) is 0 Å². The van der Waals surface area contributed by atoms with Crippen molar-refractivity contribution in [2.24, 2.45) is 0 Å². The van der Waals surface area contributed by atoms with Crippen LogP contribution in [0, 0.1) is 0 Å². The predicted molar refractivity (Wildman–Crippen MR) is 114 cm³/mol. The second kappa shape index (κ2) is 11.1. The molecule has 0 aliphatic rings. The maximum atomic E-state index is 11.5. The monoisotopic (exact) mass is 452 g/mol. The topological polar surface area (TPSA) is 119 Å². The van der Waals surface area contributed by atoms with Gasteiger partial charge in [0, 0.05) is 12.7 Å². The van der Waals surface area contributed by atoms with Crippen molar-refractivity contribution in [3.8, 4) is 11.5 Å². The van der Waals surface area contributed by atoms with Gasteiger partial charge in [-0.05, 0) is 55.8 Å². The molecule has 2 rings (SSSR count). The molecule has 2 aromatic carbocycles. The van der Waals surface area contributed by atoms with Gasteiger partial charge < -0.3 is 24.4 Å². The minimum Gasteiger partial charge on any atom is -0.491 e. The van der Waals surface area contributed by atoms with E-state index in [4.69, 9.17) is 14.2 Å². The van der Waals surface area contributed by atoms with Crippen molar-refractivity contribution in [2.45, 2.75) is 43.5 Å². The number of carbonyl (C=O) groups is 1. The van der Waals surface area contributed by atoms with Gasteiger partial charge in [-0.15, -0.1) is 0 Å². The van der Waals surface area contributed by atoms with Crippen molar-refractivity contribution in [3.05, 3.63) is 54.1 Å². The van der Waals surface area contributed by atoms with Crippen LogP contribution in [-0.2, 0) is 25.8 Å². The summed E-state index contributed by atoms with van der Waals surface area (Å²) in [5.74, 6) is -0.113. The molecule has 8 nitrogen and oxygen atoms in total. The SMILES string of the molecule is CC(C)OC(Cc1cccc(OCC(O)COc2ccc(S(C)(=O)=O)cc2)c1)C(=O)O. The highest BCUT2D eigenvalue weighted by Gasteiger charge is 2.20. The first-order chi connectivity index (χ1) is 14.5. The van der Waals surface area contributed by atoms with Gasteiger partial charge in [-0.3, -0.25) is 0 Å². The molecule has 0 bridgehead atoms. The summed E-state index contributed by atoms with van der Waals surface area (Å²) in [5.41, 5.74) is 0.738. The number of aliphatic hydroxyl groups is 1. The van der Waals surface area contributed by atoms with E-state index in [0.29, 0.717) is 11.5 Å². The number of carboxylic acid groups (broad SMARTS) is 1. The molecule has 31 heavy (non-hydrogen) atoms. The van der Waals surface area contributed by atoms with Crippen LogP contribution in [0.25, 0.3) is 0 Å². The lowest BCUT2D eigenvalue weighted by atomic mass is 10.1. The molecule has 9 heteroatoms. The third kappa shape index (κ3) is 8.56. The molecule has 170 valence electrons. The molecule has 2 N–H and O–H groups in total. The van der Waals surface area contributed by atoms with Gasteiger partial charge >= 0.3 is 5.97 Å². The lowest BCUT2D eigenvalue weighted by Crippen LogP contribution is -2.29. The Morgan fingerprint density at radius 3 is 2.16 bits per heavy atom. The van der Waals surface area contributed by atoms with E-state index in [-0.39, 0.29) is 30.6 Å². The number of carboxylic acids is 1. The molecular formula is C22H28O8S. The van der Waals surface area contributed by atoms with Crippen LogP contribution in [0.15, 0.2) is 53.4 Å². The number of sulfone groups is 1. The summed E-state index contributed by atoms with van der Waals surface area (Å²) in [6.07, 6.45) is -0.770. The summed E-state index contributed by atoms with van der Waals surface area (Å²) >= 11 is 0. The number of hydrogen-bond acceptors (Lipinski definition) is 7. The number of benzene rings is 2. The van der Waals surface area contributed by atoms with E-state index in [1.54, 1.807) is 38.1 Å². The molecule has 2 unspecified atom stereocenters. The summed E-state index contributed by atoms with van der Waals surface area (Å²) in [7, 11) is -3.28. The number of aliphatic hydroxyl groups excluding tert-OH is 1. The zero-order valence-corrected chi connectivity index (χ0v) is 18.5. The predicted octanol–water partition coefficient (Wildman–Crippen LogP) is 2.33. The smallest absolute Gasteiger partial charge is 0.333 e. The maximum absolute atomic E-state index is 11.5. The van der Waals surface area contributed by atoms with Crippen LogP contribution >= 0.6 is 0 Å². The van der Waals surface area contributed by atoms with Crippen LogP contribution in [0.2, 0.25) is 0 Å². The highest BCUT2D eigenvalue weighted by Crippen LogP contribution is 2.18. The van der Waals surface area contributed by atoms with E-state index in [1.807, 2.05) is 0 Å². The first-order valence-corrected chi connectivity index (χ1v) is 11.6. The molecule has 0 aliphatic carbocycles. The number of aliphatic carboxylic acids is 1. The summed E-state index contributed by atoms with van der Waals surface area (Å²) in [4.78, 5) is 11.6. The van der Waals surface area contributed by atoms with Crippen LogP contribution < -0.4 is 9.47 Å². The first kappa shape index (κ1) is 24.6. The Labute approximate surface area is 182 Å². The summed E-state index contributed by atoms with van der Waals surface area (Å²) in [6.45, 7) is 3.48. The molecule has 2 atom stereocenters. The first-order valence-electron chi connectivity index (χ1n) is 9.75. The fourth-order valence-electron chi connectivity index (χ4n) is 2.71. The van der Waals surface area contributed by atoms with E-state index in [2.05, 4.69) is 0 Å². The number of ether oxygens (including phenoxy) is 3. The van der Waals surface area contributed by atoms with E-state index in [1.165, 1.54) is 24.3 Å². The van der Waals surface area contributed by atoms with Gasteiger partial charge in [-0.1, -0.05) is 12.1 Å². The Kier molecular flexibility index (Phi) is 8.85. The highest BCUT2D eigenvalue weighted by atomic mass is 32.2. The zero-order valence-electron chi connectivity index (χ0n) is 17.7. The van der Waals surface area contributed by atoms with Crippen molar-refractivity contribution in [3.63, 3.8) is 0 Å². The Balaban J connectivity index is 1.85. The molecule has 0 heterocycles. The number of hydrogen-bond donors (Lipinski definition) is 2. The van der Waals surface area contributed by atoms with Crippen LogP contribution in [0.1, 0.15) is 19.4 Å². The quantitative estimate of drug-likeness (QED) is 0.504. The Morgan fingerprint density at radius 1 is 1.00 bits per heavy atom. The highest BCUT2D eigenvalue weighted by molar-refractivity contribution is 7.90. The van der Waals surface area contributed by atoms with Gasteiger partial charge in [0.2, 0.25) is 0 Å². The van der Waals surface area contributed by atoms with Crippen molar-refractivity contribution < 1.29 is 37.6 Å². The summed E-state index contributed by atoms with van der Waals surface area (Å²) in [6, 6.07) is 12.9. The normalized spacial score (nSPS) is 13.6. The average Bonchev–Trinajstić information content (AvgIpc) is 2.70. The molecule has 0 radical (unpaired) electrons. The average molecular weight is 453 g/mol. The molecular weight excluding hydrogens is 424 g/mol. The van der Waals surface area contributed by atoms with Crippen LogP contribution in [0.4, 0.5) is 0 Å². The largest absolute Gasteiger partial charge is 0.491 e. The molecule has 0 aromatic heterocycles. The number of rotatable bonds is 12. The second-order valence-corrected chi connectivity index (χ2v) is 9.40. The van der Waals surface area contributed by atoms with Crippen LogP contribution in [0.3, 0.4) is 0 Å². The fraction of sp³-hybridized carbons (Fsp3) is 0.409. The third-order valence-electron chi connectivity index (χ3n) is 4.17. The van der Waals surface area contributed by atoms with E-state index >= 15 is 0 Å². The van der Waals surface area contributed by atoms with Gasteiger partial charge in [-0.25, -0.2) is 13.2 Å². The molecule has 0 spiro atoms. The third-order valence-corrected chi connectivity index (χ3v) is 5.30. The molecule has 0 fully saturated rings. The Bertz CT molecular complexity index is 954. The molecule has 2 aromatic rings. The van der Waals surface area contributed by atoms with E-state index in [0.717, 1.165) is 11.8 Å². The zero-order chi connectivity index (χ0) is 23.0. The van der Waals surface area contributed by atoms with Gasteiger partial charge in [0.25, 0.3) is 0 Å². The fourth-order valence-corrected chi connectivity index (χ4v) is 3.34. The summed E-state index contributed by atoms with van der Waals surface area (Å²) in [5, 5.41) is 19.4. The molecule has 0 saturated carbocycles. The lowest BCUT2D eigenvalue weighted by molar-refractivity contribution is -0.153. The standard InChI is InChI=1S/C22H28O8S/c1-15(2)30-21(22(24)25)12-16-5-4-6-19(11-16)29-14-17(23)13-28-18-7-9-20(10-8-18)31(3,26)27/h4-11,15,17,21,23H,12-14H2,1-3H3,(H,24,25). The van der Waals surface area contributed by atoms with Crippen molar-refractivity contribution >= 4 is 15.8 Å². The van der Waals surface area contributed by atoms with Gasteiger partial charge in [0.15, 0.2) is 15.9 Å². The van der Waals surface area contributed by atoms with E-state index < -0.39 is 28.0 Å². The van der Waals surface area contributed by atoms with Crippen molar-refractivity contribution in [2.75, 3.05) is 19.5 Å². The lowest BCUT2D eigenvalue weighted by Gasteiger charge is -2.17. The molecule has 0 saturated heterocycles. The van der Waals surface area contributed by atoms with E-state index in [9.17, 15) is 23.4 Å². The van der Waals surface area contributed by atoms with Crippen LogP contribution in [-0.4, -0.2) is 62.4 Å². The van der Waals surface area contributed by atoms with Gasteiger partial charge in [0.1, 0.15) is 30.8 Å². The van der Waals surface area contributed by atoms with Crippen molar-refractivity contribution in [1.82, 2.24) is 0 Å². The molecule has 0 aliphatic heterocycles. The maximum Gasteiger partial charge on any atom is 0.333 e. The molecule has 0 amide bonds. The minimum absolute atomic E-state index is 0.0320. The Hall–Kier alpha value is -2.62. The van der Waals surface area contributed by atoms with Gasteiger partial charge in [0.05, 0.1) is 11.0 Å². The Morgan fingerprint density at radius 2 is 1.61 bits per heavy atom.